The summed E-state index contributed by atoms with van der Waals surface area (Å²) in [5.74, 6) is 0.171. The maximum Gasteiger partial charge on any atom is 0.176 e. The smallest absolute Gasteiger partial charge is 0.176 e. The quantitative estimate of drug-likeness (QED) is 0.738. The van der Waals surface area contributed by atoms with Gasteiger partial charge in [0.15, 0.2) is 5.78 Å². The minimum absolute atomic E-state index is 0.171. The molecular formula is C12H17NO. The fourth-order valence-corrected chi connectivity index (χ4v) is 1.46. The van der Waals surface area contributed by atoms with Crippen LogP contribution in [-0.4, -0.2) is 18.9 Å². The molecule has 2 heteroatoms. The third kappa shape index (κ3) is 2.67. The number of aryl methyl sites for hydroxylation is 2. The van der Waals surface area contributed by atoms with Gasteiger partial charge >= 0.3 is 0 Å². The summed E-state index contributed by atoms with van der Waals surface area (Å²) in [5, 5.41) is 3.04. The monoisotopic (exact) mass is 191 g/mol. The van der Waals surface area contributed by atoms with Crippen LogP contribution in [0.2, 0.25) is 0 Å². The van der Waals surface area contributed by atoms with E-state index in [1.807, 2.05) is 39.0 Å². The van der Waals surface area contributed by atoms with E-state index < -0.39 is 0 Å². The van der Waals surface area contributed by atoms with Gasteiger partial charge in [-0.1, -0.05) is 30.7 Å². The highest BCUT2D eigenvalue weighted by Gasteiger charge is 2.07. The van der Waals surface area contributed by atoms with Crippen molar-refractivity contribution < 1.29 is 4.79 Å². The molecule has 1 rings (SSSR count). The van der Waals surface area contributed by atoms with Crippen molar-refractivity contribution >= 4 is 5.78 Å². The summed E-state index contributed by atoms with van der Waals surface area (Å²) in [4.78, 5) is 11.7. The fraction of sp³-hybridized carbons (Fsp3) is 0.417. The van der Waals surface area contributed by atoms with Gasteiger partial charge < -0.3 is 5.32 Å². The van der Waals surface area contributed by atoms with E-state index in [2.05, 4.69) is 5.32 Å². The molecule has 0 spiro atoms. The SMILES string of the molecule is CCNCC(=O)c1ccc(C)cc1C. The standard InChI is InChI=1S/C12H17NO/c1-4-13-8-12(14)11-6-5-9(2)7-10(11)3/h5-7,13H,4,8H2,1-3H3. The van der Waals surface area contributed by atoms with Gasteiger partial charge in [0.2, 0.25) is 0 Å². The average Bonchev–Trinajstić information content (AvgIpc) is 2.14. The molecule has 0 aliphatic rings. The second-order valence-electron chi connectivity index (χ2n) is 3.52. The molecular weight excluding hydrogens is 174 g/mol. The second kappa shape index (κ2) is 4.91. The molecule has 14 heavy (non-hydrogen) atoms. The van der Waals surface area contributed by atoms with Crippen molar-refractivity contribution in [3.63, 3.8) is 0 Å². The largest absolute Gasteiger partial charge is 0.310 e. The first-order valence-electron chi connectivity index (χ1n) is 4.96. The summed E-state index contributed by atoms with van der Waals surface area (Å²) in [7, 11) is 0. The molecule has 1 aromatic carbocycles. The van der Waals surface area contributed by atoms with Crippen LogP contribution in [0.4, 0.5) is 0 Å². The lowest BCUT2D eigenvalue weighted by Crippen LogP contribution is -2.23. The van der Waals surface area contributed by atoms with E-state index in [9.17, 15) is 4.79 Å². The van der Waals surface area contributed by atoms with Crippen LogP contribution in [0.1, 0.15) is 28.4 Å². The molecule has 0 aliphatic heterocycles. The number of nitrogens with one attached hydrogen (secondary N) is 1. The summed E-state index contributed by atoms with van der Waals surface area (Å²) in [5.41, 5.74) is 3.09. The molecule has 0 aliphatic carbocycles. The number of carbonyl (C=O) groups excluding carboxylic acids is 1. The molecule has 0 atom stereocenters. The Kier molecular flexibility index (Phi) is 3.84. The number of Topliss-reactive ketones (excluding diaryl/α,β-unsaturated/α-hetero) is 1. The Morgan fingerprint density at radius 1 is 1.36 bits per heavy atom. The lowest BCUT2D eigenvalue weighted by molar-refractivity contribution is 0.0991. The van der Waals surface area contributed by atoms with Gasteiger partial charge in [-0.05, 0) is 26.0 Å². The van der Waals surface area contributed by atoms with E-state index in [0.29, 0.717) is 6.54 Å². The van der Waals surface area contributed by atoms with Gasteiger partial charge in [-0.2, -0.15) is 0 Å². The number of rotatable bonds is 4. The molecule has 76 valence electrons. The fourth-order valence-electron chi connectivity index (χ4n) is 1.46. The zero-order chi connectivity index (χ0) is 10.6. The maximum atomic E-state index is 11.7. The van der Waals surface area contributed by atoms with Gasteiger partial charge in [0, 0.05) is 5.56 Å². The van der Waals surface area contributed by atoms with E-state index >= 15 is 0 Å². The molecule has 1 aromatic rings. The van der Waals surface area contributed by atoms with Crippen LogP contribution in [0, 0.1) is 13.8 Å². The zero-order valence-electron chi connectivity index (χ0n) is 9.05. The Bertz CT molecular complexity index is 331. The Labute approximate surface area is 85.3 Å². The van der Waals surface area contributed by atoms with Crippen LogP contribution in [0.3, 0.4) is 0 Å². The molecule has 2 nitrogen and oxygen atoms in total. The van der Waals surface area contributed by atoms with Crippen molar-refractivity contribution in [1.29, 1.82) is 0 Å². The molecule has 0 unspecified atom stereocenters. The highest BCUT2D eigenvalue weighted by atomic mass is 16.1. The van der Waals surface area contributed by atoms with Crippen molar-refractivity contribution in [2.45, 2.75) is 20.8 Å². The molecule has 0 fully saturated rings. The Morgan fingerprint density at radius 3 is 2.64 bits per heavy atom. The van der Waals surface area contributed by atoms with Crippen LogP contribution in [0.25, 0.3) is 0 Å². The highest BCUT2D eigenvalue weighted by molar-refractivity contribution is 5.98. The zero-order valence-corrected chi connectivity index (χ0v) is 9.05. The number of ketones is 1. The average molecular weight is 191 g/mol. The Balaban J connectivity index is 2.80. The van der Waals surface area contributed by atoms with E-state index in [4.69, 9.17) is 0 Å². The normalized spacial score (nSPS) is 10.2. The number of hydrogen-bond acceptors (Lipinski definition) is 2. The minimum atomic E-state index is 0.171. The summed E-state index contributed by atoms with van der Waals surface area (Å²) < 4.78 is 0. The first kappa shape index (κ1) is 10.9. The first-order chi connectivity index (χ1) is 6.65. The van der Waals surface area contributed by atoms with Gasteiger partial charge in [0.1, 0.15) is 0 Å². The Hall–Kier alpha value is -1.15. The third-order valence-electron chi connectivity index (χ3n) is 2.22. The van der Waals surface area contributed by atoms with Crippen LogP contribution in [0.5, 0.6) is 0 Å². The topological polar surface area (TPSA) is 29.1 Å². The molecule has 0 amide bonds. The van der Waals surface area contributed by atoms with E-state index in [1.165, 1.54) is 5.56 Å². The van der Waals surface area contributed by atoms with Gasteiger partial charge in [-0.3, -0.25) is 4.79 Å². The van der Waals surface area contributed by atoms with Gasteiger partial charge in [-0.15, -0.1) is 0 Å². The number of carbonyl (C=O) groups is 1. The predicted molar refractivity (Wildman–Crippen MR) is 58.8 cm³/mol. The van der Waals surface area contributed by atoms with Gasteiger partial charge in [-0.25, -0.2) is 0 Å². The van der Waals surface area contributed by atoms with Crippen LogP contribution >= 0.6 is 0 Å². The lowest BCUT2D eigenvalue weighted by atomic mass is 10.0. The van der Waals surface area contributed by atoms with Crippen molar-refractivity contribution in [1.82, 2.24) is 5.32 Å². The number of likely N-dealkylation sites (N-methyl/N-ethyl adjacent to an activating group) is 1. The molecule has 0 bridgehead atoms. The van der Waals surface area contributed by atoms with Crippen LogP contribution < -0.4 is 5.32 Å². The van der Waals surface area contributed by atoms with Crippen molar-refractivity contribution in [2.24, 2.45) is 0 Å². The molecule has 0 radical (unpaired) electrons. The maximum absolute atomic E-state index is 11.7. The predicted octanol–water partition coefficient (Wildman–Crippen LogP) is 2.10. The van der Waals surface area contributed by atoms with Crippen LogP contribution in [-0.2, 0) is 0 Å². The molecule has 0 saturated heterocycles. The molecule has 0 saturated carbocycles. The minimum Gasteiger partial charge on any atom is -0.310 e. The third-order valence-corrected chi connectivity index (χ3v) is 2.22. The number of benzene rings is 1. The first-order valence-corrected chi connectivity index (χ1v) is 4.96. The molecule has 1 N–H and O–H groups in total. The van der Waals surface area contributed by atoms with Crippen molar-refractivity contribution in [3.05, 3.63) is 34.9 Å². The Morgan fingerprint density at radius 2 is 2.07 bits per heavy atom. The van der Waals surface area contributed by atoms with Crippen LogP contribution in [0.15, 0.2) is 18.2 Å². The summed E-state index contributed by atoms with van der Waals surface area (Å²) in [6.45, 7) is 7.27. The molecule has 0 heterocycles. The van der Waals surface area contributed by atoms with E-state index in [1.54, 1.807) is 0 Å². The lowest BCUT2D eigenvalue weighted by Gasteiger charge is -2.05. The van der Waals surface area contributed by atoms with E-state index in [-0.39, 0.29) is 5.78 Å². The van der Waals surface area contributed by atoms with Gasteiger partial charge in [0.25, 0.3) is 0 Å². The highest BCUT2D eigenvalue weighted by Crippen LogP contribution is 2.10. The van der Waals surface area contributed by atoms with Gasteiger partial charge in [0.05, 0.1) is 6.54 Å². The van der Waals surface area contributed by atoms with Crippen molar-refractivity contribution in [3.8, 4) is 0 Å². The number of hydrogen-bond donors (Lipinski definition) is 1. The second-order valence-corrected chi connectivity index (χ2v) is 3.52. The van der Waals surface area contributed by atoms with E-state index in [0.717, 1.165) is 17.7 Å². The van der Waals surface area contributed by atoms with Crippen molar-refractivity contribution in [2.75, 3.05) is 13.1 Å². The summed E-state index contributed by atoms with van der Waals surface area (Å²) >= 11 is 0. The summed E-state index contributed by atoms with van der Waals surface area (Å²) in [6, 6.07) is 5.93. The molecule has 0 aromatic heterocycles. The summed E-state index contributed by atoms with van der Waals surface area (Å²) in [6.07, 6.45) is 0.